The molecule has 5 nitrogen and oxygen atoms in total. The first-order valence-electron chi connectivity index (χ1n) is 8.07. The normalized spacial score (nSPS) is 11.4. The number of carbonyl (C=O) groups excluding carboxylic acids is 1. The average molecular weight is 614 g/mol. The smallest absolute Gasteiger partial charge is 0.307 e. The van der Waals surface area contributed by atoms with Gasteiger partial charge in [0.15, 0.2) is 5.76 Å². The van der Waals surface area contributed by atoms with Crippen LogP contribution in [0.3, 0.4) is 0 Å². The molecule has 4 aromatic rings. The Hall–Kier alpha value is -1.91. The molecule has 0 saturated carbocycles. The zero-order chi connectivity index (χ0) is 19.7. The van der Waals surface area contributed by atoms with Gasteiger partial charge < -0.3 is 8.83 Å². The number of hydrogen-bond acceptors (Lipinski definition) is 4. The van der Waals surface area contributed by atoms with Gasteiger partial charge in [0, 0.05) is 19.9 Å². The summed E-state index contributed by atoms with van der Waals surface area (Å²) in [6, 6.07) is 16.9. The van der Waals surface area contributed by atoms with E-state index in [1.807, 2.05) is 42.5 Å². The molecule has 0 atom stereocenters. The highest BCUT2D eigenvalue weighted by atomic mass is 127. The molecule has 1 amide bonds. The van der Waals surface area contributed by atoms with E-state index in [1.54, 1.807) is 12.1 Å². The molecule has 2 aromatic carbocycles. The number of furan rings is 2. The van der Waals surface area contributed by atoms with Crippen LogP contribution in [-0.2, 0) is 0 Å². The zero-order valence-corrected chi connectivity index (χ0v) is 19.4. The summed E-state index contributed by atoms with van der Waals surface area (Å²) in [5.41, 5.74) is 4.07. The van der Waals surface area contributed by atoms with Crippen molar-refractivity contribution in [2.24, 2.45) is 5.10 Å². The first kappa shape index (κ1) is 19.4. The summed E-state index contributed by atoms with van der Waals surface area (Å²) >= 11 is 9.04. The maximum absolute atomic E-state index is 12.3. The molecule has 8 heteroatoms. The topological polar surface area (TPSA) is 67.7 Å². The van der Waals surface area contributed by atoms with Gasteiger partial charge in [0.25, 0.3) is 0 Å². The van der Waals surface area contributed by atoms with E-state index in [4.69, 9.17) is 8.83 Å². The molecule has 0 unspecified atom stereocenters. The minimum absolute atomic E-state index is 0.192. The summed E-state index contributed by atoms with van der Waals surface area (Å²) in [7, 11) is 0. The highest BCUT2D eigenvalue weighted by Crippen LogP contribution is 2.28. The summed E-state index contributed by atoms with van der Waals surface area (Å²) in [6.07, 6.45) is 1.45. The van der Waals surface area contributed by atoms with Crippen molar-refractivity contribution in [3.8, 4) is 11.3 Å². The first-order chi connectivity index (χ1) is 13.5. The number of benzene rings is 2. The Morgan fingerprint density at radius 1 is 1.04 bits per heavy atom. The Morgan fingerprint density at radius 3 is 2.71 bits per heavy atom. The quantitative estimate of drug-likeness (QED) is 0.161. The lowest BCUT2D eigenvalue weighted by molar-refractivity contribution is 0.0929. The first-order valence-corrected chi connectivity index (χ1v) is 10.7. The van der Waals surface area contributed by atoms with Crippen LogP contribution in [0, 0.1) is 3.57 Å². The molecule has 0 aliphatic carbocycles. The van der Waals surface area contributed by atoms with E-state index < -0.39 is 5.91 Å². The number of fused-ring (bicyclic) bond motifs is 1. The molecule has 2 heterocycles. The van der Waals surface area contributed by atoms with Crippen LogP contribution in [0.25, 0.3) is 22.3 Å². The molecule has 0 radical (unpaired) electrons. The predicted molar refractivity (Wildman–Crippen MR) is 124 cm³/mol. The van der Waals surface area contributed by atoms with E-state index in [0.717, 1.165) is 23.5 Å². The van der Waals surface area contributed by atoms with Crippen molar-refractivity contribution in [1.29, 1.82) is 0 Å². The van der Waals surface area contributed by atoms with Gasteiger partial charge in [-0.05, 0) is 65.1 Å². The molecule has 0 bridgehead atoms. The number of hydrogen-bond donors (Lipinski definition) is 1. The lowest BCUT2D eigenvalue weighted by Gasteiger charge is -1.97. The third-order valence-electron chi connectivity index (χ3n) is 3.85. The molecule has 140 valence electrons. The number of amides is 1. The van der Waals surface area contributed by atoms with Crippen molar-refractivity contribution in [2.45, 2.75) is 0 Å². The number of hydrazone groups is 1. The number of halogens is 3. The lowest BCUT2D eigenvalue weighted by atomic mass is 10.2. The van der Waals surface area contributed by atoms with Crippen LogP contribution >= 0.6 is 54.5 Å². The third-order valence-corrected chi connectivity index (χ3v) is 5.61. The van der Waals surface area contributed by atoms with Crippen LogP contribution in [-0.4, -0.2) is 12.1 Å². The standard InChI is InChI=1S/C20H11Br2IN2O3/c21-13-3-1-2-11(6-13)17-5-4-15(27-17)10-24-25-20(26)18-8-12-7-14(22)9-16(23)19(12)28-18/h1-10H,(H,25,26)/b24-10-. The molecular weight excluding hydrogens is 603 g/mol. The average Bonchev–Trinajstić information content (AvgIpc) is 3.29. The maximum Gasteiger partial charge on any atom is 0.307 e. The Morgan fingerprint density at radius 2 is 1.89 bits per heavy atom. The molecule has 1 N–H and O–H groups in total. The van der Waals surface area contributed by atoms with E-state index in [9.17, 15) is 4.79 Å². The van der Waals surface area contributed by atoms with Crippen LogP contribution < -0.4 is 5.43 Å². The van der Waals surface area contributed by atoms with Crippen molar-refractivity contribution in [2.75, 3.05) is 0 Å². The van der Waals surface area contributed by atoms with Gasteiger partial charge in [0.05, 0.1) is 9.78 Å². The second kappa shape index (κ2) is 8.22. The fourth-order valence-corrected chi connectivity index (χ4v) is 4.68. The molecule has 0 fully saturated rings. The molecule has 0 spiro atoms. The molecular formula is C20H11Br2IN2O3. The fourth-order valence-electron chi connectivity index (χ4n) is 2.62. The van der Waals surface area contributed by atoms with Crippen LogP contribution in [0.1, 0.15) is 16.3 Å². The summed E-state index contributed by atoms with van der Waals surface area (Å²) in [4.78, 5) is 12.3. The highest BCUT2D eigenvalue weighted by molar-refractivity contribution is 14.1. The lowest BCUT2D eigenvalue weighted by Crippen LogP contribution is -2.16. The largest absolute Gasteiger partial charge is 0.455 e. The van der Waals surface area contributed by atoms with Gasteiger partial charge in [-0.2, -0.15) is 5.10 Å². The van der Waals surface area contributed by atoms with Crippen molar-refractivity contribution in [3.05, 3.63) is 78.6 Å². The summed E-state index contributed by atoms with van der Waals surface area (Å²) in [5, 5.41) is 4.80. The third kappa shape index (κ3) is 4.23. The number of nitrogens with zero attached hydrogens (tertiary/aromatic N) is 1. The number of nitrogens with one attached hydrogen (secondary N) is 1. The second-order valence-electron chi connectivity index (χ2n) is 5.83. The Kier molecular flexibility index (Phi) is 5.70. The monoisotopic (exact) mass is 612 g/mol. The maximum atomic E-state index is 12.3. The Labute approximate surface area is 190 Å². The molecule has 2 aromatic heterocycles. The zero-order valence-electron chi connectivity index (χ0n) is 14.1. The highest BCUT2D eigenvalue weighted by Gasteiger charge is 2.14. The summed E-state index contributed by atoms with van der Waals surface area (Å²) in [5.74, 6) is 1.00. The molecule has 4 rings (SSSR count). The fraction of sp³-hybridized carbons (Fsp3) is 0. The van der Waals surface area contributed by atoms with Gasteiger partial charge in [-0.25, -0.2) is 5.43 Å². The number of rotatable bonds is 4. The summed E-state index contributed by atoms with van der Waals surface area (Å²) < 4.78 is 14.2. The van der Waals surface area contributed by atoms with E-state index in [2.05, 4.69) is 65.0 Å². The van der Waals surface area contributed by atoms with E-state index in [0.29, 0.717) is 17.1 Å². The van der Waals surface area contributed by atoms with Gasteiger partial charge in [0.2, 0.25) is 0 Å². The minimum Gasteiger partial charge on any atom is -0.455 e. The SMILES string of the molecule is O=C(N/N=C\c1ccc(-c2cccc(Br)c2)o1)c1cc2cc(Br)cc(I)c2o1. The van der Waals surface area contributed by atoms with Gasteiger partial charge in [-0.15, -0.1) is 0 Å². The minimum atomic E-state index is -0.432. The van der Waals surface area contributed by atoms with Crippen LogP contribution in [0.15, 0.2) is 77.5 Å². The van der Waals surface area contributed by atoms with E-state index >= 15 is 0 Å². The molecule has 0 saturated heterocycles. The van der Waals surface area contributed by atoms with Gasteiger partial charge in [-0.3, -0.25) is 4.79 Å². The van der Waals surface area contributed by atoms with Crippen LogP contribution in [0.5, 0.6) is 0 Å². The molecule has 0 aliphatic heterocycles. The molecule has 28 heavy (non-hydrogen) atoms. The molecule has 0 aliphatic rings. The van der Waals surface area contributed by atoms with Crippen molar-refractivity contribution >= 4 is 77.5 Å². The number of carbonyl (C=O) groups is 1. The Balaban J connectivity index is 1.46. The van der Waals surface area contributed by atoms with Crippen LogP contribution in [0.2, 0.25) is 0 Å². The van der Waals surface area contributed by atoms with E-state index in [-0.39, 0.29) is 5.76 Å². The van der Waals surface area contributed by atoms with Gasteiger partial charge in [0.1, 0.15) is 17.1 Å². The van der Waals surface area contributed by atoms with Crippen molar-refractivity contribution < 1.29 is 13.6 Å². The second-order valence-corrected chi connectivity index (χ2v) is 8.82. The van der Waals surface area contributed by atoms with Crippen molar-refractivity contribution in [3.63, 3.8) is 0 Å². The van der Waals surface area contributed by atoms with Gasteiger partial charge in [-0.1, -0.05) is 44.0 Å². The van der Waals surface area contributed by atoms with Crippen LogP contribution in [0.4, 0.5) is 0 Å². The summed E-state index contributed by atoms with van der Waals surface area (Å²) in [6.45, 7) is 0. The van der Waals surface area contributed by atoms with Gasteiger partial charge >= 0.3 is 5.91 Å². The van der Waals surface area contributed by atoms with Crippen molar-refractivity contribution in [1.82, 2.24) is 5.43 Å². The van der Waals surface area contributed by atoms with E-state index in [1.165, 1.54) is 6.21 Å². The predicted octanol–water partition coefficient (Wildman–Crippen LogP) is 6.59. The Bertz CT molecular complexity index is 1210.